The van der Waals surface area contributed by atoms with Gasteiger partial charge in [0.1, 0.15) is 5.60 Å². The van der Waals surface area contributed by atoms with E-state index in [-0.39, 0.29) is 5.60 Å². The molecule has 2 aliphatic rings. The monoisotopic (exact) mass is 249 g/mol. The highest BCUT2D eigenvalue weighted by atomic mass is 16.5. The molecule has 3 rings (SSSR count). The molecule has 0 amide bonds. The van der Waals surface area contributed by atoms with Gasteiger partial charge in [-0.2, -0.15) is 0 Å². The first-order valence-electron chi connectivity index (χ1n) is 6.62. The number of hydrogen-bond donors (Lipinski definition) is 1. The van der Waals surface area contributed by atoms with Crippen molar-refractivity contribution >= 4 is 0 Å². The van der Waals surface area contributed by atoms with Gasteiger partial charge in [0.25, 0.3) is 0 Å². The first kappa shape index (κ1) is 12.0. The molecule has 1 saturated heterocycles. The van der Waals surface area contributed by atoms with Crippen LogP contribution in [0.25, 0.3) is 0 Å². The summed E-state index contributed by atoms with van der Waals surface area (Å²) in [5, 5.41) is 3.29. The Kier molecular flexibility index (Phi) is 3.28. The Bertz CT molecular complexity index is 425. The molecule has 0 unspecified atom stereocenters. The molecule has 0 saturated carbocycles. The molecule has 0 aliphatic carbocycles. The van der Waals surface area contributed by atoms with Crippen LogP contribution in [0, 0.1) is 0 Å². The van der Waals surface area contributed by atoms with Gasteiger partial charge in [-0.25, -0.2) is 9.97 Å². The summed E-state index contributed by atoms with van der Waals surface area (Å²) < 4.78 is 11.4. The molecule has 0 atom stereocenters. The van der Waals surface area contributed by atoms with Crippen molar-refractivity contribution in [3.8, 4) is 0 Å². The van der Waals surface area contributed by atoms with E-state index in [1.54, 1.807) is 0 Å². The van der Waals surface area contributed by atoms with E-state index in [2.05, 4.69) is 10.3 Å². The van der Waals surface area contributed by atoms with Gasteiger partial charge in [0, 0.05) is 57.5 Å². The van der Waals surface area contributed by atoms with E-state index in [0.717, 1.165) is 50.7 Å². The quantitative estimate of drug-likeness (QED) is 0.870. The predicted octanol–water partition coefficient (Wildman–Crippen LogP) is 1.12. The molecular weight excluding hydrogens is 230 g/mol. The fraction of sp³-hybridized carbons (Fsp3) is 0.692. The lowest BCUT2D eigenvalue weighted by Crippen LogP contribution is -2.38. The summed E-state index contributed by atoms with van der Waals surface area (Å²) in [5.74, 6) is 0.829. The number of aromatic nitrogens is 2. The SMILES string of the molecule is CCOC1(c2ncc3c(n2)CNC3)CCOCC1. The lowest BCUT2D eigenvalue weighted by atomic mass is 9.92. The molecule has 1 aromatic rings. The number of hydrogen-bond acceptors (Lipinski definition) is 5. The highest BCUT2D eigenvalue weighted by Crippen LogP contribution is 2.34. The van der Waals surface area contributed by atoms with Crippen LogP contribution >= 0.6 is 0 Å². The molecule has 0 radical (unpaired) electrons. The summed E-state index contributed by atoms with van der Waals surface area (Å²) in [4.78, 5) is 9.25. The van der Waals surface area contributed by atoms with Crippen LogP contribution in [0.1, 0.15) is 36.8 Å². The normalized spacial score (nSPS) is 21.8. The number of nitrogens with one attached hydrogen (secondary N) is 1. The lowest BCUT2D eigenvalue weighted by Gasteiger charge is -2.35. The molecule has 0 spiro atoms. The summed E-state index contributed by atoms with van der Waals surface area (Å²) in [6.07, 6.45) is 3.62. The van der Waals surface area contributed by atoms with E-state index in [1.807, 2.05) is 13.1 Å². The average molecular weight is 249 g/mol. The van der Waals surface area contributed by atoms with Crippen LogP contribution in [0.2, 0.25) is 0 Å². The van der Waals surface area contributed by atoms with Crippen LogP contribution in [0.4, 0.5) is 0 Å². The van der Waals surface area contributed by atoms with Gasteiger partial charge in [-0.1, -0.05) is 0 Å². The maximum absolute atomic E-state index is 5.99. The molecule has 98 valence electrons. The summed E-state index contributed by atoms with van der Waals surface area (Å²) in [6, 6.07) is 0. The first-order valence-corrected chi connectivity index (χ1v) is 6.62. The number of rotatable bonds is 3. The van der Waals surface area contributed by atoms with E-state index in [9.17, 15) is 0 Å². The minimum atomic E-state index is -0.343. The molecular formula is C13H19N3O2. The van der Waals surface area contributed by atoms with E-state index >= 15 is 0 Å². The Labute approximate surface area is 107 Å². The van der Waals surface area contributed by atoms with E-state index in [4.69, 9.17) is 14.5 Å². The van der Waals surface area contributed by atoms with E-state index < -0.39 is 0 Å². The third kappa shape index (κ3) is 2.02. The van der Waals surface area contributed by atoms with Gasteiger partial charge in [0.05, 0.1) is 5.69 Å². The molecule has 0 aromatic carbocycles. The lowest BCUT2D eigenvalue weighted by molar-refractivity contribution is -0.118. The molecule has 5 heteroatoms. The van der Waals surface area contributed by atoms with Crippen molar-refractivity contribution in [3.63, 3.8) is 0 Å². The van der Waals surface area contributed by atoms with Crippen molar-refractivity contribution in [1.29, 1.82) is 0 Å². The maximum atomic E-state index is 5.99. The molecule has 5 nitrogen and oxygen atoms in total. The van der Waals surface area contributed by atoms with Crippen molar-refractivity contribution in [2.75, 3.05) is 19.8 Å². The standard InChI is InChI=1S/C13H19N3O2/c1-2-18-13(3-5-17-6-4-13)12-15-8-10-7-14-9-11(10)16-12/h8,14H,2-7,9H2,1H3. The second-order valence-electron chi connectivity index (χ2n) is 4.81. The molecule has 18 heavy (non-hydrogen) atoms. The summed E-state index contributed by atoms with van der Waals surface area (Å²) in [7, 11) is 0. The van der Waals surface area contributed by atoms with Crippen molar-refractivity contribution in [2.24, 2.45) is 0 Å². The minimum Gasteiger partial charge on any atom is -0.381 e. The molecule has 0 bridgehead atoms. The van der Waals surface area contributed by atoms with Crippen LogP contribution in [0.3, 0.4) is 0 Å². The van der Waals surface area contributed by atoms with Crippen molar-refractivity contribution in [1.82, 2.24) is 15.3 Å². The van der Waals surface area contributed by atoms with Crippen LogP contribution in [0.5, 0.6) is 0 Å². The van der Waals surface area contributed by atoms with E-state index in [1.165, 1.54) is 5.56 Å². The predicted molar refractivity (Wildman–Crippen MR) is 65.9 cm³/mol. The Morgan fingerprint density at radius 3 is 3.00 bits per heavy atom. The largest absolute Gasteiger partial charge is 0.381 e. The van der Waals surface area contributed by atoms with Crippen molar-refractivity contribution < 1.29 is 9.47 Å². The second-order valence-corrected chi connectivity index (χ2v) is 4.81. The zero-order chi connectivity index (χ0) is 12.4. The van der Waals surface area contributed by atoms with Gasteiger partial charge in [-0.3, -0.25) is 0 Å². The van der Waals surface area contributed by atoms with Crippen LogP contribution in [-0.2, 0) is 28.2 Å². The third-order valence-electron chi connectivity index (χ3n) is 3.69. The summed E-state index contributed by atoms with van der Waals surface area (Å²) >= 11 is 0. The van der Waals surface area contributed by atoms with Gasteiger partial charge < -0.3 is 14.8 Å². The van der Waals surface area contributed by atoms with Gasteiger partial charge in [-0.15, -0.1) is 0 Å². The topological polar surface area (TPSA) is 56.3 Å². The van der Waals surface area contributed by atoms with Crippen molar-refractivity contribution in [2.45, 2.75) is 38.5 Å². The van der Waals surface area contributed by atoms with Gasteiger partial charge >= 0.3 is 0 Å². The fourth-order valence-corrected chi connectivity index (χ4v) is 2.69. The molecule has 1 aromatic heterocycles. The van der Waals surface area contributed by atoms with Crippen LogP contribution < -0.4 is 5.32 Å². The number of fused-ring (bicyclic) bond motifs is 1. The van der Waals surface area contributed by atoms with Crippen LogP contribution in [0.15, 0.2) is 6.20 Å². The smallest absolute Gasteiger partial charge is 0.160 e. The minimum absolute atomic E-state index is 0.343. The Morgan fingerprint density at radius 1 is 1.39 bits per heavy atom. The van der Waals surface area contributed by atoms with Gasteiger partial charge in [0.2, 0.25) is 0 Å². The maximum Gasteiger partial charge on any atom is 0.160 e. The highest BCUT2D eigenvalue weighted by molar-refractivity contribution is 5.23. The number of nitrogens with zero attached hydrogens (tertiary/aromatic N) is 2. The summed E-state index contributed by atoms with van der Waals surface area (Å²) in [6.45, 7) is 5.85. The average Bonchev–Trinajstić information content (AvgIpc) is 2.87. The molecule has 2 aliphatic heterocycles. The Hall–Kier alpha value is -1.04. The van der Waals surface area contributed by atoms with Crippen LogP contribution in [-0.4, -0.2) is 29.8 Å². The zero-order valence-corrected chi connectivity index (χ0v) is 10.7. The van der Waals surface area contributed by atoms with Gasteiger partial charge in [0.15, 0.2) is 5.82 Å². The molecule has 1 N–H and O–H groups in total. The third-order valence-corrected chi connectivity index (χ3v) is 3.69. The summed E-state index contributed by atoms with van der Waals surface area (Å²) in [5.41, 5.74) is 1.98. The fourth-order valence-electron chi connectivity index (χ4n) is 2.69. The molecule has 3 heterocycles. The Morgan fingerprint density at radius 2 is 2.22 bits per heavy atom. The van der Waals surface area contributed by atoms with Crippen molar-refractivity contribution in [3.05, 3.63) is 23.3 Å². The van der Waals surface area contributed by atoms with Gasteiger partial charge in [-0.05, 0) is 6.92 Å². The second kappa shape index (κ2) is 4.91. The Balaban J connectivity index is 1.94. The van der Waals surface area contributed by atoms with E-state index in [0.29, 0.717) is 6.61 Å². The zero-order valence-electron chi connectivity index (χ0n) is 10.7. The highest BCUT2D eigenvalue weighted by Gasteiger charge is 2.38. The molecule has 1 fully saturated rings. The number of ether oxygens (including phenoxy) is 2. The first-order chi connectivity index (χ1) is 8.84.